The van der Waals surface area contributed by atoms with E-state index in [2.05, 4.69) is 10.3 Å². The molecule has 1 aliphatic rings. The average molecular weight is 500 g/mol. The summed E-state index contributed by atoms with van der Waals surface area (Å²) >= 11 is 5.77. The minimum absolute atomic E-state index is 0.0712. The largest absolute Gasteiger partial charge is 0.491 e. The Kier molecular flexibility index (Phi) is 6.43. The van der Waals surface area contributed by atoms with Crippen LogP contribution in [0.25, 0.3) is 11.3 Å². The predicted molar refractivity (Wildman–Crippen MR) is 141 cm³/mol. The normalized spacial score (nSPS) is 17.3. The lowest BCUT2D eigenvalue weighted by Gasteiger charge is -2.26. The number of ether oxygens (including phenoxy) is 1. The summed E-state index contributed by atoms with van der Waals surface area (Å²) < 4.78 is 12.1. The molecule has 1 fully saturated rings. The number of thiocarbonyl (C=S) groups is 1. The summed E-state index contributed by atoms with van der Waals surface area (Å²) in [5.41, 5.74) is 2.38. The van der Waals surface area contributed by atoms with Crippen LogP contribution in [0.15, 0.2) is 89.5 Å². The molecule has 1 aliphatic heterocycles. The highest BCUT2D eigenvalue weighted by molar-refractivity contribution is 7.80. The van der Waals surface area contributed by atoms with Crippen LogP contribution in [0.3, 0.4) is 0 Å². The van der Waals surface area contributed by atoms with Crippen LogP contribution in [0, 0.1) is 0 Å². The van der Waals surface area contributed by atoms with Crippen molar-refractivity contribution < 1.29 is 19.1 Å². The second-order valence-corrected chi connectivity index (χ2v) is 9.10. The maximum absolute atomic E-state index is 11.8. The number of rotatable bonds is 7. The standard InChI is InChI=1S/C28H25N3O4S/c1-17(2)34-19-12-10-18(11-13-19)31-26(25(30-28(31)36)22-9-5-6-16-29-22)24-15-14-23(35-24)20-7-3-4-8-21(20)27(32)33/h3-17,25-26H,1-2H3,(H,30,36)(H,32,33)/t25-,26-/m0/s1. The number of furan rings is 1. The first-order chi connectivity index (χ1) is 17.4. The summed E-state index contributed by atoms with van der Waals surface area (Å²) in [5.74, 6) is 0.871. The molecule has 4 aromatic rings. The van der Waals surface area contributed by atoms with Gasteiger partial charge in [0, 0.05) is 17.4 Å². The van der Waals surface area contributed by atoms with Gasteiger partial charge in [-0.1, -0.05) is 24.3 Å². The molecule has 0 saturated carbocycles. The monoisotopic (exact) mass is 499 g/mol. The molecule has 0 amide bonds. The summed E-state index contributed by atoms with van der Waals surface area (Å²) in [5, 5.41) is 13.6. The summed E-state index contributed by atoms with van der Waals surface area (Å²) in [7, 11) is 0. The van der Waals surface area contributed by atoms with Crippen LogP contribution in [0.5, 0.6) is 5.75 Å². The van der Waals surface area contributed by atoms with Crippen molar-refractivity contribution in [3.8, 4) is 17.1 Å². The number of carboxylic acids is 1. The molecule has 2 aromatic heterocycles. The average Bonchev–Trinajstić information content (AvgIpc) is 3.49. The molecule has 0 bridgehead atoms. The van der Waals surface area contributed by atoms with E-state index in [1.54, 1.807) is 36.5 Å². The Hall–Kier alpha value is -4.17. The van der Waals surface area contributed by atoms with Gasteiger partial charge in [0.05, 0.1) is 23.4 Å². The van der Waals surface area contributed by atoms with Crippen LogP contribution < -0.4 is 15.0 Å². The Morgan fingerprint density at radius 1 is 1.06 bits per heavy atom. The number of anilines is 1. The molecular formula is C28H25N3O4S. The van der Waals surface area contributed by atoms with E-state index in [-0.39, 0.29) is 23.8 Å². The van der Waals surface area contributed by atoms with Crippen molar-refractivity contribution in [2.45, 2.75) is 32.0 Å². The number of nitrogens with zero attached hydrogens (tertiary/aromatic N) is 2. The highest BCUT2D eigenvalue weighted by atomic mass is 32.1. The van der Waals surface area contributed by atoms with Crippen molar-refractivity contribution in [3.05, 3.63) is 102 Å². The molecule has 1 saturated heterocycles. The fraction of sp³-hybridized carbons (Fsp3) is 0.179. The van der Waals surface area contributed by atoms with Crippen LogP contribution in [0.4, 0.5) is 5.69 Å². The van der Waals surface area contributed by atoms with Gasteiger partial charge >= 0.3 is 5.97 Å². The fourth-order valence-electron chi connectivity index (χ4n) is 4.42. The first kappa shape index (κ1) is 23.6. The number of aromatic carboxylic acids is 1. The first-order valence-corrected chi connectivity index (χ1v) is 12.0. The van der Waals surface area contributed by atoms with E-state index >= 15 is 0 Å². The Bertz CT molecular complexity index is 1390. The number of carbonyl (C=O) groups is 1. The number of pyridine rings is 1. The van der Waals surface area contributed by atoms with Gasteiger partial charge in [0.15, 0.2) is 5.11 Å². The van der Waals surface area contributed by atoms with Crippen molar-refractivity contribution in [3.63, 3.8) is 0 Å². The number of carboxylic acid groups (broad SMARTS) is 1. The quantitative estimate of drug-likeness (QED) is 0.299. The van der Waals surface area contributed by atoms with Crippen LogP contribution in [0.1, 0.15) is 47.7 Å². The van der Waals surface area contributed by atoms with Crippen molar-refractivity contribution in [1.29, 1.82) is 0 Å². The number of benzene rings is 2. The van der Waals surface area contributed by atoms with E-state index in [0.29, 0.717) is 22.2 Å². The minimum Gasteiger partial charge on any atom is -0.491 e. The Balaban J connectivity index is 1.57. The maximum Gasteiger partial charge on any atom is 0.336 e. The molecule has 182 valence electrons. The van der Waals surface area contributed by atoms with E-state index in [1.807, 2.05) is 67.3 Å². The van der Waals surface area contributed by atoms with E-state index in [0.717, 1.165) is 17.1 Å². The van der Waals surface area contributed by atoms with Crippen LogP contribution in [0.2, 0.25) is 0 Å². The van der Waals surface area contributed by atoms with Crippen molar-refractivity contribution in [2.75, 3.05) is 4.90 Å². The number of nitrogens with one attached hydrogen (secondary N) is 1. The highest BCUT2D eigenvalue weighted by Crippen LogP contribution is 2.43. The minimum atomic E-state index is -1.01. The molecule has 0 unspecified atom stereocenters. The van der Waals surface area contributed by atoms with Crippen molar-refractivity contribution in [2.24, 2.45) is 0 Å². The summed E-state index contributed by atoms with van der Waals surface area (Å²) in [6.45, 7) is 3.97. The van der Waals surface area contributed by atoms with Gasteiger partial charge in [-0.2, -0.15) is 0 Å². The highest BCUT2D eigenvalue weighted by Gasteiger charge is 2.42. The zero-order chi connectivity index (χ0) is 25.2. The topological polar surface area (TPSA) is 87.8 Å². The van der Waals surface area contributed by atoms with Gasteiger partial charge < -0.3 is 24.5 Å². The van der Waals surface area contributed by atoms with Gasteiger partial charge in [0.1, 0.15) is 23.3 Å². The molecule has 0 spiro atoms. The lowest BCUT2D eigenvalue weighted by molar-refractivity contribution is 0.0697. The molecule has 3 heterocycles. The third-order valence-corrected chi connectivity index (χ3v) is 6.24. The Morgan fingerprint density at radius 3 is 2.50 bits per heavy atom. The summed E-state index contributed by atoms with van der Waals surface area (Å²) in [6.07, 6.45) is 1.82. The van der Waals surface area contributed by atoms with Crippen LogP contribution >= 0.6 is 12.2 Å². The summed E-state index contributed by atoms with van der Waals surface area (Å²) in [4.78, 5) is 18.3. The van der Waals surface area contributed by atoms with Gasteiger partial charge in [-0.05, 0) is 80.7 Å². The van der Waals surface area contributed by atoms with Gasteiger partial charge in [0.25, 0.3) is 0 Å². The zero-order valence-corrected chi connectivity index (χ0v) is 20.6. The predicted octanol–water partition coefficient (Wildman–Crippen LogP) is 6.00. The van der Waals surface area contributed by atoms with Gasteiger partial charge in [-0.25, -0.2) is 4.79 Å². The zero-order valence-electron chi connectivity index (χ0n) is 19.8. The number of hydrogen-bond donors (Lipinski definition) is 2. The van der Waals surface area contributed by atoms with Gasteiger partial charge in [0.2, 0.25) is 0 Å². The van der Waals surface area contributed by atoms with E-state index < -0.39 is 5.97 Å². The van der Waals surface area contributed by atoms with Crippen molar-refractivity contribution in [1.82, 2.24) is 10.3 Å². The molecule has 5 rings (SSSR count). The van der Waals surface area contributed by atoms with Crippen LogP contribution in [-0.2, 0) is 0 Å². The van der Waals surface area contributed by atoms with E-state index in [9.17, 15) is 9.90 Å². The number of aromatic nitrogens is 1. The third kappa shape index (κ3) is 4.55. The molecule has 7 nitrogen and oxygen atoms in total. The molecule has 0 radical (unpaired) electrons. The second kappa shape index (κ2) is 9.83. The maximum atomic E-state index is 11.8. The third-order valence-electron chi connectivity index (χ3n) is 5.93. The summed E-state index contributed by atoms with van der Waals surface area (Å²) in [6, 6.07) is 23.3. The molecule has 36 heavy (non-hydrogen) atoms. The van der Waals surface area contributed by atoms with E-state index in [1.165, 1.54) is 0 Å². The molecule has 2 N–H and O–H groups in total. The SMILES string of the molecule is CC(C)Oc1ccc(N2C(=S)N[C@@H](c3ccccn3)[C@@H]2c2ccc(-c3ccccc3C(=O)O)o2)cc1. The smallest absolute Gasteiger partial charge is 0.336 e. The molecular weight excluding hydrogens is 474 g/mol. The Labute approximate surface area is 214 Å². The van der Waals surface area contributed by atoms with E-state index in [4.69, 9.17) is 21.4 Å². The molecule has 0 aliphatic carbocycles. The second-order valence-electron chi connectivity index (χ2n) is 8.71. The lowest BCUT2D eigenvalue weighted by Crippen LogP contribution is -2.29. The molecule has 8 heteroatoms. The lowest BCUT2D eigenvalue weighted by atomic mass is 10.0. The number of hydrogen-bond acceptors (Lipinski definition) is 5. The van der Waals surface area contributed by atoms with Crippen molar-refractivity contribution >= 4 is 29.0 Å². The first-order valence-electron chi connectivity index (χ1n) is 11.6. The molecule has 2 atom stereocenters. The Morgan fingerprint density at radius 2 is 1.81 bits per heavy atom. The van der Waals surface area contributed by atoms with Gasteiger partial charge in [-0.15, -0.1) is 0 Å². The molecule has 2 aromatic carbocycles. The van der Waals surface area contributed by atoms with Gasteiger partial charge in [-0.3, -0.25) is 4.98 Å². The fourth-order valence-corrected chi connectivity index (χ4v) is 4.77. The van der Waals surface area contributed by atoms with Crippen LogP contribution in [-0.4, -0.2) is 27.3 Å².